The molecule has 0 N–H and O–H groups in total. The first kappa shape index (κ1) is 24.6. The highest BCUT2D eigenvalue weighted by Crippen LogP contribution is 2.32. The second-order valence-electron chi connectivity index (χ2n) is 7.87. The van der Waals surface area contributed by atoms with Gasteiger partial charge >= 0.3 is 0 Å². The average molecular weight is 608 g/mol. The van der Waals surface area contributed by atoms with Gasteiger partial charge in [0.15, 0.2) is 0 Å². The molecule has 1 heterocycles. The molecule has 0 unspecified atom stereocenters. The molecule has 0 fully saturated rings. The highest BCUT2D eigenvalue weighted by molar-refractivity contribution is 9.10. The van der Waals surface area contributed by atoms with Crippen LogP contribution >= 0.6 is 43.5 Å². The summed E-state index contributed by atoms with van der Waals surface area (Å²) in [7, 11) is 0. The van der Waals surface area contributed by atoms with E-state index in [9.17, 15) is 9.18 Å². The standard InChI is InChI=1S/C25H19Br2ClFN3O2/c1-14(2)24-31-22-8-5-17(26)10-20(22)25(33)32(24)30-12-16-9-18(28)11-21(27)23(16)34-13-15-3-6-19(29)7-4-15/h3-12,14H,13H2,1-2H3. The Balaban J connectivity index is 1.76. The third-order valence-corrected chi connectivity index (χ3v) is 6.30. The largest absolute Gasteiger partial charge is 0.487 e. The van der Waals surface area contributed by atoms with Crippen LogP contribution in [0, 0.1) is 5.82 Å². The van der Waals surface area contributed by atoms with Crippen LogP contribution in [0.4, 0.5) is 4.39 Å². The lowest BCUT2D eigenvalue weighted by molar-refractivity contribution is 0.303. The first-order valence-electron chi connectivity index (χ1n) is 10.4. The minimum absolute atomic E-state index is 0.0433. The second kappa shape index (κ2) is 10.4. The van der Waals surface area contributed by atoms with Crippen LogP contribution in [0.1, 0.15) is 36.7 Å². The number of halogens is 4. The van der Waals surface area contributed by atoms with Crippen LogP contribution in [0.2, 0.25) is 5.02 Å². The minimum atomic E-state index is -0.313. The SMILES string of the molecule is CC(C)c1nc2ccc(Br)cc2c(=O)n1N=Cc1cc(Cl)cc(Br)c1OCc1ccc(F)cc1. The number of nitrogens with zero attached hydrogens (tertiary/aromatic N) is 3. The van der Waals surface area contributed by atoms with Crippen molar-refractivity contribution in [2.75, 3.05) is 0 Å². The molecule has 9 heteroatoms. The number of hydrogen-bond donors (Lipinski definition) is 0. The van der Waals surface area contributed by atoms with Crippen molar-refractivity contribution < 1.29 is 9.13 Å². The zero-order chi connectivity index (χ0) is 24.4. The van der Waals surface area contributed by atoms with E-state index in [1.165, 1.54) is 23.0 Å². The number of hydrogen-bond acceptors (Lipinski definition) is 4. The van der Waals surface area contributed by atoms with Crippen LogP contribution in [0.15, 0.2) is 73.4 Å². The van der Waals surface area contributed by atoms with Crippen molar-refractivity contribution in [1.82, 2.24) is 9.66 Å². The highest BCUT2D eigenvalue weighted by Gasteiger charge is 2.15. The fourth-order valence-corrected chi connectivity index (χ4v) is 4.65. The van der Waals surface area contributed by atoms with Gasteiger partial charge in [-0.25, -0.2) is 9.37 Å². The summed E-state index contributed by atoms with van der Waals surface area (Å²) >= 11 is 13.2. The molecule has 1 aromatic heterocycles. The van der Waals surface area contributed by atoms with Crippen LogP contribution in [-0.4, -0.2) is 15.9 Å². The van der Waals surface area contributed by atoms with E-state index in [0.717, 1.165) is 10.0 Å². The second-order valence-corrected chi connectivity index (χ2v) is 10.1. The molecule has 0 saturated carbocycles. The van der Waals surface area contributed by atoms with Crippen molar-refractivity contribution in [1.29, 1.82) is 0 Å². The van der Waals surface area contributed by atoms with Crippen molar-refractivity contribution >= 4 is 60.6 Å². The Labute approximate surface area is 217 Å². The van der Waals surface area contributed by atoms with Gasteiger partial charge < -0.3 is 4.74 Å². The van der Waals surface area contributed by atoms with Gasteiger partial charge in [0.05, 0.1) is 21.6 Å². The number of rotatable bonds is 6. The zero-order valence-corrected chi connectivity index (χ0v) is 22.2. The predicted octanol–water partition coefficient (Wildman–Crippen LogP) is 7.30. The molecule has 3 aromatic carbocycles. The predicted molar refractivity (Wildman–Crippen MR) is 141 cm³/mol. The van der Waals surface area contributed by atoms with Gasteiger partial charge in [-0.05, 0) is 64.0 Å². The summed E-state index contributed by atoms with van der Waals surface area (Å²) in [6.45, 7) is 4.11. The topological polar surface area (TPSA) is 56.5 Å². The smallest absolute Gasteiger partial charge is 0.282 e. The highest BCUT2D eigenvalue weighted by atomic mass is 79.9. The molecule has 4 rings (SSSR count). The van der Waals surface area contributed by atoms with E-state index in [0.29, 0.717) is 37.5 Å². The maximum absolute atomic E-state index is 13.3. The molecule has 0 radical (unpaired) electrons. The van der Waals surface area contributed by atoms with E-state index in [1.807, 2.05) is 19.9 Å². The summed E-state index contributed by atoms with van der Waals surface area (Å²) in [5.74, 6) is 0.670. The van der Waals surface area contributed by atoms with Gasteiger partial charge in [-0.3, -0.25) is 4.79 Å². The molecule has 0 aliphatic rings. The van der Waals surface area contributed by atoms with Crippen LogP contribution in [0.25, 0.3) is 10.9 Å². The van der Waals surface area contributed by atoms with E-state index in [1.54, 1.807) is 36.4 Å². The number of aromatic nitrogens is 2. The van der Waals surface area contributed by atoms with Crippen molar-refractivity contribution in [2.45, 2.75) is 26.4 Å². The quantitative estimate of drug-likeness (QED) is 0.216. The third kappa shape index (κ3) is 5.40. The number of ether oxygens (including phenoxy) is 1. The summed E-state index contributed by atoms with van der Waals surface area (Å²) in [6.07, 6.45) is 1.52. The lowest BCUT2D eigenvalue weighted by Crippen LogP contribution is -2.23. The maximum atomic E-state index is 13.3. The summed E-state index contributed by atoms with van der Waals surface area (Å²) < 4.78 is 21.9. The first-order chi connectivity index (χ1) is 16.2. The molecule has 174 valence electrons. The van der Waals surface area contributed by atoms with Crippen LogP contribution in [0.5, 0.6) is 5.75 Å². The van der Waals surface area contributed by atoms with Gasteiger partial charge in [0.1, 0.15) is 24.0 Å². The van der Waals surface area contributed by atoms with Gasteiger partial charge in [0, 0.05) is 21.0 Å². The molecule has 0 aliphatic heterocycles. The van der Waals surface area contributed by atoms with Crippen molar-refractivity contribution in [2.24, 2.45) is 5.10 Å². The Bertz CT molecular complexity index is 1450. The van der Waals surface area contributed by atoms with E-state index in [4.69, 9.17) is 16.3 Å². The maximum Gasteiger partial charge on any atom is 0.282 e. The Morgan fingerprint density at radius 2 is 1.88 bits per heavy atom. The Morgan fingerprint density at radius 1 is 1.15 bits per heavy atom. The molecule has 0 bridgehead atoms. The third-order valence-electron chi connectivity index (χ3n) is 5.00. The van der Waals surface area contributed by atoms with Crippen LogP contribution in [0.3, 0.4) is 0 Å². The fraction of sp³-hybridized carbons (Fsp3) is 0.160. The summed E-state index contributed by atoms with van der Waals surface area (Å²) in [5.41, 5.74) is 1.70. The molecular weight excluding hydrogens is 589 g/mol. The molecule has 0 saturated heterocycles. The van der Waals surface area contributed by atoms with E-state index < -0.39 is 0 Å². The Hall–Kier alpha value is -2.55. The Morgan fingerprint density at radius 3 is 2.59 bits per heavy atom. The van der Waals surface area contributed by atoms with Crippen molar-refractivity contribution in [3.63, 3.8) is 0 Å². The average Bonchev–Trinajstić information content (AvgIpc) is 2.79. The zero-order valence-electron chi connectivity index (χ0n) is 18.2. The molecule has 0 amide bonds. The molecule has 0 spiro atoms. The van der Waals surface area contributed by atoms with Crippen molar-refractivity contribution in [3.05, 3.63) is 102 Å². The fourth-order valence-electron chi connectivity index (χ4n) is 3.34. The van der Waals surface area contributed by atoms with Crippen LogP contribution in [-0.2, 0) is 6.61 Å². The lowest BCUT2D eigenvalue weighted by atomic mass is 10.2. The minimum Gasteiger partial charge on any atom is -0.487 e. The monoisotopic (exact) mass is 605 g/mol. The van der Waals surface area contributed by atoms with Crippen LogP contribution < -0.4 is 10.3 Å². The van der Waals surface area contributed by atoms with E-state index >= 15 is 0 Å². The normalized spacial score (nSPS) is 11.6. The molecule has 0 atom stereocenters. The number of fused-ring (bicyclic) bond motifs is 1. The molecule has 34 heavy (non-hydrogen) atoms. The van der Waals surface area contributed by atoms with Gasteiger partial charge in [-0.15, -0.1) is 0 Å². The van der Waals surface area contributed by atoms with E-state index in [-0.39, 0.29) is 23.9 Å². The summed E-state index contributed by atoms with van der Waals surface area (Å²) in [6, 6.07) is 14.8. The molecule has 5 nitrogen and oxygen atoms in total. The van der Waals surface area contributed by atoms with Gasteiger partial charge in [0.2, 0.25) is 0 Å². The van der Waals surface area contributed by atoms with Gasteiger partial charge in [0.25, 0.3) is 5.56 Å². The molecular formula is C25H19Br2ClFN3O2. The Kier molecular flexibility index (Phi) is 7.50. The van der Waals surface area contributed by atoms with Crippen molar-refractivity contribution in [3.8, 4) is 5.75 Å². The summed E-state index contributed by atoms with van der Waals surface area (Å²) in [5, 5.41) is 5.41. The summed E-state index contributed by atoms with van der Waals surface area (Å²) in [4.78, 5) is 17.9. The first-order valence-corrected chi connectivity index (χ1v) is 12.3. The van der Waals surface area contributed by atoms with Gasteiger partial charge in [-0.1, -0.05) is 53.5 Å². The molecule has 4 aromatic rings. The number of benzene rings is 3. The van der Waals surface area contributed by atoms with E-state index in [2.05, 4.69) is 41.9 Å². The molecule has 0 aliphatic carbocycles. The van der Waals surface area contributed by atoms with Gasteiger partial charge in [-0.2, -0.15) is 9.78 Å². The lowest BCUT2D eigenvalue weighted by Gasteiger charge is -2.14.